The van der Waals surface area contributed by atoms with Crippen molar-refractivity contribution < 1.29 is 45.7 Å². The minimum absolute atomic E-state index is 0.0291. The number of fused-ring (bicyclic) bond motifs is 6. The minimum Gasteiger partial charge on any atom is -0.491 e. The summed E-state index contributed by atoms with van der Waals surface area (Å²) in [5.41, 5.74) is 13.4. The Morgan fingerprint density at radius 1 is 0.461 bits per heavy atom. The molecule has 444 valence electrons. The van der Waals surface area contributed by atoms with Gasteiger partial charge in [0.05, 0.1) is 55.9 Å². The molecule has 0 aliphatic heterocycles. The number of imidazole rings is 3. The quantitative estimate of drug-likeness (QED) is 0.0497. The van der Waals surface area contributed by atoms with E-state index >= 15 is 0 Å². The minimum atomic E-state index is -4.77. The molecule has 29 heteroatoms. The SMILES string of the molecule is CNCc1cncc(-c2cnc3n[nH]c(-c4nc5ccc(OC(F)(F)F)cc5[nH]4)c3c2)c1.FC(F)(F)Oc1ccc2nc(-c3[nH]nc4ncc(-c5cccnc5)cc34)[nH]c2c1.OCCOc1ccc2nc(-c3[nH]nc4ncc(-c5cccnc5)cc34)[nH]c2c1. The standard InChI is InChI=1S/C21H16F3N7O.C20H16N6O2.C19H11F3N6O/c1-25-7-11-4-12(9-26-8-11)13-5-15-18(30-31-19(15)27-10-13)20-28-16-3-2-14(6-17(16)29-20)32-21(22,23)24;27-6-7-28-14-3-4-16-17(9-14)24-20(23-16)18-15-8-13(11-22-19(15)26-25-18)12-2-1-5-21-10-12;20-19(21,22)29-12-3-4-14-15(7-12)26-18(25-14)16-13-6-11(9-24-17(13)28-27-16)10-2-1-5-23-8-10/h2-6,8-10,25H,7H2,1H3,(H,28,29)(H,27,30,31);1-5,8-11,27H,6-7H2,(H,23,24)(H,22,25,26);1-9H,(H,25,26)(H,24,27,28). The molecule has 0 saturated heterocycles. The Morgan fingerprint density at radius 3 is 1.27 bits per heavy atom. The molecule has 0 spiro atoms. The summed E-state index contributed by atoms with van der Waals surface area (Å²) in [5, 5.41) is 35.8. The topological polar surface area (TPSA) is 309 Å². The van der Waals surface area contributed by atoms with Crippen molar-refractivity contribution in [2.75, 3.05) is 20.3 Å². The van der Waals surface area contributed by atoms with Crippen LogP contribution >= 0.6 is 0 Å². The van der Waals surface area contributed by atoms with Gasteiger partial charge >= 0.3 is 12.7 Å². The van der Waals surface area contributed by atoms with Gasteiger partial charge in [-0.25, -0.2) is 29.9 Å². The molecule has 3 aromatic carbocycles. The molecule has 0 radical (unpaired) electrons. The zero-order valence-corrected chi connectivity index (χ0v) is 45.9. The van der Waals surface area contributed by atoms with E-state index in [2.05, 4.69) is 105 Å². The summed E-state index contributed by atoms with van der Waals surface area (Å²) in [5.74, 6) is 1.54. The van der Waals surface area contributed by atoms with E-state index in [1.54, 1.807) is 55.8 Å². The van der Waals surface area contributed by atoms with Crippen LogP contribution < -0.4 is 19.5 Å². The van der Waals surface area contributed by atoms with E-state index in [-0.39, 0.29) is 24.7 Å². The molecule has 0 saturated carbocycles. The third kappa shape index (κ3) is 12.4. The Bertz CT molecular complexity index is 5010. The normalized spacial score (nSPS) is 11.8. The predicted octanol–water partition coefficient (Wildman–Crippen LogP) is 11.6. The molecular formula is C60H43F6N19O4. The molecule has 0 aliphatic carbocycles. The number of aliphatic hydroxyl groups excluding tert-OH is 1. The van der Waals surface area contributed by atoms with E-state index in [1.165, 1.54) is 36.4 Å². The first-order valence-electron chi connectivity index (χ1n) is 26.8. The van der Waals surface area contributed by atoms with Gasteiger partial charge in [0.15, 0.2) is 34.4 Å². The maximum atomic E-state index is 12.5. The van der Waals surface area contributed by atoms with E-state index in [4.69, 9.17) is 9.84 Å². The van der Waals surface area contributed by atoms with Crippen molar-refractivity contribution in [3.05, 3.63) is 164 Å². The van der Waals surface area contributed by atoms with Crippen molar-refractivity contribution in [3.8, 4) is 85.2 Å². The lowest BCUT2D eigenvalue weighted by Crippen LogP contribution is -2.16. The largest absolute Gasteiger partial charge is 0.573 e. The van der Waals surface area contributed by atoms with Crippen molar-refractivity contribution >= 4 is 66.2 Å². The summed E-state index contributed by atoms with van der Waals surface area (Å²) in [6, 6.07) is 28.9. The van der Waals surface area contributed by atoms with Crippen molar-refractivity contribution in [1.29, 1.82) is 0 Å². The van der Waals surface area contributed by atoms with Crippen molar-refractivity contribution in [3.63, 3.8) is 0 Å². The summed E-state index contributed by atoms with van der Waals surface area (Å²) in [6.45, 7) is 0.908. The zero-order valence-electron chi connectivity index (χ0n) is 45.9. The van der Waals surface area contributed by atoms with Gasteiger partial charge in [-0.1, -0.05) is 12.1 Å². The van der Waals surface area contributed by atoms with Gasteiger partial charge in [-0.2, -0.15) is 15.3 Å². The van der Waals surface area contributed by atoms with Crippen LogP contribution in [0.4, 0.5) is 26.3 Å². The highest BCUT2D eigenvalue weighted by molar-refractivity contribution is 5.96. The Balaban J connectivity index is 0.000000123. The number of nitrogens with zero attached hydrogens (tertiary/aromatic N) is 12. The fraction of sp³-hybridized carbons (Fsp3) is 0.100. The first-order valence-corrected chi connectivity index (χ1v) is 26.8. The summed E-state index contributed by atoms with van der Waals surface area (Å²) >= 11 is 0. The maximum absolute atomic E-state index is 12.5. The lowest BCUT2D eigenvalue weighted by molar-refractivity contribution is -0.275. The van der Waals surface area contributed by atoms with Crippen molar-refractivity contribution in [2.24, 2.45) is 0 Å². The number of benzene rings is 3. The van der Waals surface area contributed by atoms with Gasteiger partial charge < -0.3 is 39.6 Å². The lowest BCUT2D eigenvalue weighted by Gasteiger charge is -2.07. The highest BCUT2D eigenvalue weighted by atomic mass is 19.4. The fourth-order valence-corrected chi connectivity index (χ4v) is 9.70. The van der Waals surface area contributed by atoms with Crippen molar-refractivity contribution in [2.45, 2.75) is 19.3 Å². The monoisotopic (exact) mass is 1210 g/mol. The van der Waals surface area contributed by atoms with Gasteiger partial charge in [0.1, 0.15) is 40.9 Å². The Labute approximate surface area is 495 Å². The number of nitrogens with one attached hydrogen (secondary N) is 7. The second-order valence-corrected chi connectivity index (χ2v) is 19.6. The van der Waals surface area contributed by atoms with Crippen LogP contribution in [0.25, 0.3) is 134 Å². The Morgan fingerprint density at radius 2 is 0.865 bits per heavy atom. The number of hydrogen-bond donors (Lipinski definition) is 8. The molecule has 12 heterocycles. The van der Waals surface area contributed by atoms with Crippen LogP contribution in [0.15, 0.2) is 159 Å². The Kier molecular flexibility index (Phi) is 15.0. The summed E-state index contributed by atoms with van der Waals surface area (Å²) in [6.07, 6.45) is 6.18. The molecule has 0 fully saturated rings. The average Bonchev–Trinajstić information content (AvgIpc) is 1.74. The number of rotatable bonds is 13. The number of ether oxygens (including phenoxy) is 3. The van der Waals surface area contributed by atoms with Crippen LogP contribution in [-0.2, 0) is 6.54 Å². The molecule has 89 heavy (non-hydrogen) atoms. The summed E-state index contributed by atoms with van der Waals surface area (Å²) in [4.78, 5) is 48.7. The zero-order chi connectivity index (χ0) is 61.2. The van der Waals surface area contributed by atoms with E-state index in [0.29, 0.717) is 85.5 Å². The van der Waals surface area contributed by atoms with Gasteiger partial charge in [-0.3, -0.25) is 30.2 Å². The van der Waals surface area contributed by atoms with Crippen LogP contribution in [0.5, 0.6) is 17.2 Å². The second-order valence-electron chi connectivity index (χ2n) is 19.6. The third-order valence-electron chi connectivity index (χ3n) is 13.6. The number of aromatic amines is 6. The fourth-order valence-electron chi connectivity index (χ4n) is 9.70. The average molecular weight is 1210 g/mol. The van der Waals surface area contributed by atoms with Crippen molar-refractivity contribution in [1.82, 2.24) is 95.7 Å². The summed E-state index contributed by atoms with van der Waals surface area (Å²) < 4.78 is 88.3. The number of H-pyrrole nitrogens is 6. The number of aromatic nitrogens is 18. The van der Waals surface area contributed by atoms with Gasteiger partial charge in [0.2, 0.25) is 0 Å². The number of hydrogen-bond acceptors (Lipinski definition) is 17. The van der Waals surface area contributed by atoms with Gasteiger partial charge in [0.25, 0.3) is 0 Å². The molecule has 23 nitrogen and oxygen atoms in total. The van der Waals surface area contributed by atoms with E-state index < -0.39 is 12.7 Å². The number of aliphatic hydroxyl groups is 1. The highest BCUT2D eigenvalue weighted by Gasteiger charge is 2.32. The highest BCUT2D eigenvalue weighted by Crippen LogP contribution is 2.35. The number of halogens is 6. The first-order chi connectivity index (χ1) is 43.2. The summed E-state index contributed by atoms with van der Waals surface area (Å²) in [7, 11) is 1.86. The van der Waals surface area contributed by atoms with Crippen LogP contribution in [0, 0.1) is 0 Å². The number of pyridine rings is 6. The third-order valence-corrected chi connectivity index (χ3v) is 13.6. The molecule has 15 rings (SSSR count). The van der Waals surface area contributed by atoms with Crippen LogP contribution in [-0.4, -0.2) is 128 Å². The van der Waals surface area contributed by atoms with Gasteiger partial charge in [-0.15, -0.1) is 26.3 Å². The number of alkyl halides is 6. The van der Waals surface area contributed by atoms with E-state index in [1.807, 2.05) is 73.8 Å². The maximum Gasteiger partial charge on any atom is 0.573 e. The second kappa shape index (κ2) is 23.6. The van der Waals surface area contributed by atoms with Gasteiger partial charge in [-0.05, 0) is 85.4 Å². The van der Waals surface area contributed by atoms with Gasteiger partial charge in [0, 0.05) is 114 Å². The van der Waals surface area contributed by atoms with Crippen LogP contribution in [0.1, 0.15) is 5.56 Å². The molecule has 0 bridgehead atoms. The van der Waals surface area contributed by atoms with Crippen LogP contribution in [0.3, 0.4) is 0 Å². The first kappa shape index (κ1) is 56.4. The molecule has 0 atom stereocenters. The molecule has 0 amide bonds. The smallest absolute Gasteiger partial charge is 0.491 e. The Hall–Kier alpha value is -11.7. The molecule has 8 N–H and O–H groups in total. The molecule has 0 aliphatic rings. The lowest BCUT2D eigenvalue weighted by atomic mass is 10.1. The van der Waals surface area contributed by atoms with E-state index in [9.17, 15) is 26.3 Å². The molecule has 0 unspecified atom stereocenters. The predicted molar refractivity (Wildman–Crippen MR) is 315 cm³/mol. The van der Waals surface area contributed by atoms with E-state index in [0.717, 1.165) is 66.4 Å². The molecular weight excluding hydrogens is 1160 g/mol. The molecule has 12 aromatic heterocycles. The molecule has 15 aromatic rings. The van der Waals surface area contributed by atoms with Crippen LogP contribution in [0.2, 0.25) is 0 Å².